The minimum absolute atomic E-state index is 0.209. The van der Waals surface area contributed by atoms with Gasteiger partial charge in [-0.1, -0.05) is 0 Å². The fraction of sp³-hybridized carbons (Fsp3) is 0.500. The van der Waals surface area contributed by atoms with E-state index in [4.69, 9.17) is 0 Å². The lowest BCUT2D eigenvalue weighted by atomic mass is 10.2. The fourth-order valence-corrected chi connectivity index (χ4v) is 2.85. The van der Waals surface area contributed by atoms with E-state index in [1.165, 1.54) is 29.3 Å². The van der Waals surface area contributed by atoms with Gasteiger partial charge in [0.25, 0.3) is 0 Å². The Morgan fingerprint density at radius 3 is 2.75 bits per heavy atom. The van der Waals surface area contributed by atoms with E-state index in [0.717, 1.165) is 5.75 Å². The normalized spacial score (nSPS) is 16.0. The highest BCUT2D eigenvalue weighted by Crippen LogP contribution is 2.35. The maximum absolute atomic E-state index is 12.8. The predicted molar refractivity (Wildman–Crippen MR) is 55.8 cm³/mol. The first-order valence-electron chi connectivity index (χ1n) is 4.85. The number of aromatic nitrogens is 1. The van der Waals surface area contributed by atoms with Crippen molar-refractivity contribution in [2.24, 2.45) is 0 Å². The number of alkyl halides is 3. The van der Waals surface area contributed by atoms with Crippen molar-refractivity contribution in [1.29, 1.82) is 0 Å². The average Bonchev–Trinajstić information content (AvgIpc) is 2.17. The van der Waals surface area contributed by atoms with Crippen LogP contribution >= 0.6 is 11.8 Å². The summed E-state index contributed by atoms with van der Waals surface area (Å²) in [5.74, 6) is 0.764. The van der Waals surface area contributed by atoms with Gasteiger partial charge in [-0.2, -0.15) is 13.2 Å². The number of rotatable bonds is 0. The molecule has 0 N–H and O–H groups in total. The molecule has 1 aromatic rings. The summed E-state index contributed by atoms with van der Waals surface area (Å²) in [6.07, 6.45) is -3.76. The summed E-state index contributed by atoms with van der Waals surface area (Å²) in [7, 11) is 0. The molecule has 0 radical (unpaired) electrons. The van der Waals surface area contributed by atoms with E-state index in [-0.39, 0.29) is 5.56 Å². The van der Waals surface area contributed by atoms with Crippen molar-refractivity contribution in [3.05, 3.63) is 27.5 Å². The number of hydrogen-bond donors (Lipinski definition) is 0. The van der Waals surface area contributed by atoms with Gasteiger partial charge in [0, 0.05) is 23.9 Å². The number of nitrogens with zero attached hydrogens (tertiary/aromatic N) is 1. The third-order valence-corrected chi connectivity index (χ3v) is 3.69. The Kier molecular flexibility index (Phi) is 2.77. The number of hydrogen-bond acceptors (Lipinski definition) is 2. The van der Waals surface area contributed by atoms with Crippen LogP contribution in [0, 0.1) is 6.92 Å². The van der Waals surface area contributed by atoms with Gasteiger partial charge >= 0.3 is 6.18 Å². The molecule has 1 aliphatic heterocycles. The van der Waals surface area contributed by atoms with Crippen LogP contribution in [-0.4, -0.2) is 10.3 Å². The molecule has 1 aliphatic rings. The molecule has 2 nitrogen and oxygen atoms in total. The fourth-order valence-electron chi connectivity index (χ4n) is 1.83. The van der Waals surface area contributed by atoms with E-state index in [0.29, 0.717) is 18.0 Å². The molecule has 0 atom stereocenters. The van der Waals surface area contributed by atoms with Crippen molar-refractivity contribution >= 4 is 11.8 Å². The maximum Gasteiger partial charge on any atom is 0.431 e. The summed E-state index contributed by atoms with van der Waals surface area (Å²) >= 11 is 1.30. The Morgan fingerprint density at radius 1 is 1.44 bits per heavy atom. The first-order chi connectivity index (χ1) is 7.41. The number of thioether (sulfide) groups is 1. The maximum atomic E-state index is 12.8. The molecule has 0 bridgehead atoms. The van der Waals surface area contributed by atoms with Crippen LogP contribution in [0.3, 0.4) is 0 Å². The molecule has 16 heavy (non-hydrogen) atoms. The first kappa shape index (κ1) is 11.6. The Hall–Kier alpha value is -0.910. The first-order valence-corrected chi connectivity index (χ1v) is 5.84. The number of halogens is 3. The van der Waals surface area contributed by atoms with Crippen LogP contribution in [0.15, 0.2) is 15.9 Å². The Balaban J connectivity index is 2.74. The highest BCUT2D eigenvalue weighted by atomic mass is 32.2. The van der Waals surface area contributed by atoms with Gasteiger partial charge in [0.2, 0.25) is 0 Å². The van der Waals surface area contributed by atoms with Crippen molar-refractivity contribution in [3.63, 3.8) is 0 Å². The van der Waals surface area contributed by atoms with Crippen LogP contribution in [0.1, 0.15) is 17.7 Å². The molecule has 0 fully saturated rings. The van der Waals surface area contributed by atoms with Crippen molar-refractivity contribution in [2.45, 2.75) is 31.1 Å². The van der Waals surface area contributed by atoms with Gasteiger partial charge in [-0.3, -0.25) is 4.79 Å². The van der Waals surface area contributed by atoms with Gasteiger partial charge in [0.1, 0.15) is 5.69 Å². The second kappa shape index (κ2) is 3.84. The Labute approximate surface area is 94.5 Å². The monoisotopic (exact) mass is 249 g/mol. The molecule has 0 amide bonds. The summed E-state index contributed by atoms with van der Waals surface area (Å²) in [4.78, 5) is 11.4. The van der Waals surface area contributed by atoms with Crippen LogP contribution in [0.2, 0.25) is 0 Å². The van der Waals surface area contributed by atoms with Crippen LogP contribution in [0.4, 0.5) is 13.2 Å². The molecule has 0 spiro atoms. The number of pyridine rings is 1. The van der Waals surface area contributed by atoms with Crippen LogP contribution in [0.25, 0.3) is 0 Å². The van der Waals surface area contributed by atoms with Crippen molar-refractivity contribution in [2.75, 3.05) is 5.75 Å². The third-order valence-electron chi connectivity index (χ3n) is 2.56. The largest absolute Gasteiger partial charge is 0.431 e. The average molecular weight is 249 g/mol. The quantitative estimate of drug-likeness (QED) is 0.705. The second-order valence-electron chi connectivity index (χ2n) is 3.67. The lowest BCUT2D eigenvalue weighted by Gasteiger charge is -2.24. The van der Waals surface area contributed by atoms with E-state index in [1.807, 2.05) is 0 Å². The standard InChI is InChI=1S/C10H10F3NOS/c1-6-7(15)5-8-14(3-2-4-16-8)9(6)10(11,12)13/h5H,2-4H2,1H3. The van der Waals surface area contributed by atoms with Crippen LogP contribution < -0.4 is 5.43 Å². The van der Waals surface area contributed by atoms with E-state index in [2.05, 4.69) is 0 Å². The predicted octanol–water partition coefficient (Wildman–Crippen LogP) is 2.67. The minimum atomic E-state index is -4.46. The van der Waals surface area contributed by atoms with E-state index >= 15 is 0 Å². The summed E-state index contributed by atoms with van der Waals surface area (Å²) in [5, 5.41) is 0.425. The molecular weight excluding hydrogens is 239 g/mol. The molecule has 0 unspecified atom stereocenters. The zero-order valence-corrected chi connectivity index (χ0v) is 9.41. The topological polar surface area (TPSA) is 22.0 Å². The highest BCUT2D eigenvalue weighted by Gasteiger charge is 2.37. The molecule has 0 saturated carbocycles. The zero-order chi connectivity index (χ0) is 11.9. The van der Waals surface area contributed by atoms with Gasteiger partial charge in [-0.05, 0) is 13.3 Å². The van der Waals surface area contributed by atoms with Gasteiger partial charge < -0.3 is 4.57 Å². The van der Waals surface area contributed by atoms with E-state index < -0.39 is 17.3 Å². The summed E-state index contributed by atoms with van der Waals surface area (Å²) in [6.45, 7) is 1.57. The van der Waals surface area contributed by atoms with Gasteiger partial charge in [-0.25, -0.2) is 0 Å². The molecule has 6 heteroatoms. The molecule has 0 aromatic carbocycles. The molecule has 2 heterocycles. The lowest BCUT2D eigenvalue weighted by Crippen LogP contribution is -2.27. The summed E-state index contributed by atoms with van der Waals surface area (Å²) in [5.41, 5.74) is -1.53. The molecular formula is C10H10F3NOS. The molecule has 1 aromatic heterocycles. The molecule has 0 saturated heterocycles. The minimum Gasteiger partial charge on any atom is -0.332 e. The Morgan fingerprint density at radius 2 is 2.12 bits per heavy atom. The van der Waals surface area contributed by atoms with Crippen molar-refractivity contribution in [3.8, 4) is 0 Å². The summed E-state index contributed by atoms with van der Waals surface area (Å²) < 4.78 is 39.8. The lowest BCUT2D eigenvalue weighted by molar-refractivity contribution is -0.145. The van der Waals surface area contributed by atoms with Crippen LogP contribution in [-0.2, 0) is 12.7 Å². The molecule has 88 valence electrons. The third kappa shape index (κ3) is 1.86. The number of fused-ring (bicyclic) bond motifs is 1. The smallest absolute Gasteiger partial charge is 0.332 e. The van der Waals surface area contributed by atoms with E-state index in [1.54, 1.807) is 0 Å². The van der Waals surface area contributed by atoms with Crippen molar-refractivity contribution in [1.82, 2.24) is 4.57 Å². The summed E-state index contributed by atoms with van der Waals surface area (Å²) in [6, 6.07) is 1.30. The van der Waals surface area contributed by atoms with Gasteiger partial charge in [-0.15, -0.1) is 11.8 Å². The Bertz CT molecular complexity index is 478. The molecule has 0 aliphatic carbocycles. The second-order valence-corrected chi connectivity index (χ2v) is 4.79. The van der Waals surface area contributed by atoms with E-state index in [9.17, 15) is 18.0 Å². The van der Waals surface area contributed by atoms with Gasteiger partial charge in [0.05, 0.1) is 5.03 Å². The molecule has 2 rings (SSSR count). The van der Waals surface area contributed by atoms with Gasteiger partial charge in [0.15, 0.2) is 5.43 Å². The van der Waals surface area contributed by atoms with Crippen molar-refractivity contribution < 1.29 is 13.2 Å². The zero-order valence-electron chi connectivity index (χ0n) is 8.60. The highest BCUT2D eigenvalue weighted by molar-refractivity contribution is 7.99. The SMILES string of the molecule is Cc1c(C(F)(F)F)n2c(cc1=O)SCCC2. The van der Waals surface area contributed by atoms with Crippen LogP contribution in [0.5, 0.6) is 0 Å².